The lowest BCUT2D eigenvalue weighted by molar-refractivity contribution is 0.554. The van der Waals surface area contributed by atoms with Crippen molar-refractivity contribution in [3.63, 3.8) is 0 Å². The fourth-order valence-electron chi connectivity index (χ4n) is 2.01. The first-order chi connectivity index (χ1) is 22.1. The predicted octanol–water partition coefficient (Wildman–Crippen LogP) is -1.48. The lowest BCUT2D eigenvalue weighted by Crippen LogP contribution is -2.24. The Kier molecular flexibility index (Phi) is 43.9. The third-order valence-electron chi connectivity index (χ3n) is 5.67. The molecule has 48 heavy (non-hydrogen) atoms. The molecule has 0 radical (unpaired) electrons. The Bertz CT molecular complexity index is 716. The first-order valence-corrected chi connectivity index (χ1v) is 24.4. The topological polar surface area (TPSA) is 319 Å². The smallest absolute Gasteiger partial charge is 0.271 e. The summed E-state index contributed by atoms with van der Waals surface area (Å²) in [4.78, 5) is 0. The maximum absolute atomic E-state index is 11.0. The molecule has 0 aromatic rings. The van der Waals surface area contributed by atoms with Crippen LogP contribution in [0, 0.1) is 0 Å². The Morgan fingerprint density at radius 3 is 0.208 bits per heavy atom. The number of hydrogen-bond acceptors (Lipinski definition) is 6. The second-order valence-corrected chi connectivity index (χ2v) is 23.0. The molecule has 0 aromatic heterocycles. The first-order valence-electron chi connectivity index (χ1n) is 14.1. The van der Waals surface area contributed by atoms with Gasteiger partial charge in [-0.1, -0.05) is 0 Å². The van der Waals surface area contributed by atoms with Crippen LogP contribution >= 0.6 is 45.6 Å². The molecule has 0 atom stereocenters. The molecule has 0 aliphatic carbocycles. The van der Waals surface area contributed by atoms with E-state index in [2.05, 4.69) is 91.6 Å². The second-order valence-electron chi connectivity index (χ2n) is 7.68. The Labute approximate surface area is 291 Å². The van der Waals surface area contributed by atoms with E-state index in [-0.39, 0.29) is 0 Å². The van der Waals surface area contributed by atoms with Gasteiger partial charge in [-0.05, 0) is 127 Å². The van der Waals surface area contributed by atoms with Crippen LogP contribution in [-0.4, -0.2) is 127 Å². The van der Waals surface area contributed by atoms with Crippen LogP contribution in [0.4, 0.5) is 0 Å². The molecule has 0 aromatic carbocycles. The Hall–Kier alpha value is 0.660. The fourth-order valence-corrected chi connectivity index (χ4v) is 6.04. The summed E-state index contributed by atoms with van der Waals surface area (Å²) in [5.74, 6) is 0. The molecule has 0 amide bonds. The van der Waals surface area contributed by atoms with Gasteiger partial charge in [0.1, 0.15) is 0 Å². The van der Waals surface area contributed by atoms with Gasteiger partial charge in [-0.25, -0.2) is 91.6 Å². The fraction of sp³-hybridized carbons (Fsp3) is 1.00. The van der Waals surface area contributed by atoms with Crippen LogP contribution in [-0.2, 0) is 27.4 Å². The van der Waals surface area contributed by atoms with E-state index in [0.29, 0.717) is 0 Å². The lowest BCUT2D eigenvalue weighted by atomic mass is 11.6. The Morgan fingerprint density at radius 2 is 0.208 bits per heavy atom. The van der Waals surface area contributed by atoms with Gasteiger partial charge < -0.3 is 0 Å². The van der Waals surface area contributed by atoms with Crippen LogP contribution in [0.3, 0.4) is 0 Å². The van der Waals surface area contributed by atoms with Gasteiger partial charge in [0.15, 0.2) is 0 Å². The molecule has 0 saturated carbocycles. The first kappa shape index (κ1) is 60.7. The minimum absolute atomic E-state index is 1.63. The van der Waals surface area contributed by atoms with Crippen LogP contribution in [0.25, 0.3) is 0 Å². The van der Waals surface area contributed by atoms with Crippen LogP contribution in [0.15, 0.2) is 0 Å². The predicted molar refractivity (Wildman–Crippen MR) is 209 cm³/mol. The minimum Gasteiger partial charge on any atom is -0.271 e. The largest absolute Gasteiger partial charge is 0.278 e. The zero-order valence-corrected chi connectivity index (χ0v) is 37.5. The summed E-state index contributed by atoms with van der Waals surface area (Å²) in [6.07, 6.45) is 0. The summed E-state index contributed by atoms with van der Waals surface area (Å²) >= 11 is 0. The van der Waals surface area contributed by atoms with E-state index in [0.717, 1.165) is 0 Å². The molecule has 0 heterocycles. The quantitative estimate of drug-likeness (QED) is 0.0701. The molecule has 0 fully saturated rings. The molecular weight excluding hydrogens is 750 g/mol. The minimum atomic E-state index is -2.41. The van der Waals surface area contributed by atoms with Gasteiger partial charge in [-0.15, -0.1) is 0 Å². The van der Waals surface area contributed by atoms with Crippen molar-refractivity contribution in [3.05, 3.63) is 0 Å². The van der Waals surface area contributed by atoms with Gasteiger partial charge in [-0.3, -0.25) is 27.4 Å². The van der Waals surface area contributed by atoms with Gasteiger partial charge in [0.2, 0.25) is 0 Å². The average Bonchev–Trinajstić information content (AvgIpc) is 3.17. The highest BCUT2D eigenvalue weighted by atomic mass is 31.2. The Balaban J connectivity index is -0.000000110. The average molecular weight is 823 g/mol. The van der Waals surface area contributed by atoms with Crippen LogP contribution in [0.2, 0.25) is 0 Å². The van der Waals surface area contributed by atoms with Crippen molar-refractivity contribution < 1.29 is 27.4 Å². The summed E-state index contributed by atoms with van der Waals surface area (Å²) in [6, 6.07) is 0. The molecule has 18 N–H and O–H groups in total. The van der Waals surface area contributed by atoms with Crippen LogP contribution in [0.1, 0.15) is 0 Å². The van der Waals surface area contributed by atoms with Crippen molar-refractivity contribution in [3.8, 4) is 0 Å². The molecule has 0 bridgehead atoms. The lowest BCUT2D eigenvalue weighted by Gasteiger charge is -2.12. The van der Waals surface area contributed by atoms with E-state index in [4.69, 9.17) is 0 Å². The number of hydrogen-bond donors (Lipinski definition) is 18. The van der Waals surface area contributed by atoms with Crippen LogP contribution in [0.5, 0.6) is 0 Å². The summed E-state index contributed by atoms with van der Waals surface area (Å²) in [5, 5.41) is 47.0. The van der Waals surface area contributed by atoms with Gasteiger partial charge in [0.25, 0.3) is 45.6 Å². The molecule has 0 saturated heterocycles. The molecular formula is C18H72N18O6P6. The normalized spacial score (nSPS) is 11.9. The second kappa shape index (κ2) is 34.7. The van der Waals surface area contributed by atoms with Gasteiger partial charge >= 0.3 is 0 Å². The SMILES string of the molecule is CNP(=O)(NC)NC.CNP(=O)(NC)NC.CNP(=O)(NC)NC.CNP(=O)(NC)NC.CNP(=O)(NC)NC.CNP(=O)(NC)NC. The van der Waals surface area contributed by atoms with Gasteiger partial charge in [0, 0.05) is 0 Å². The van der Waals surface area contributed by atoms with Crippen molar-refractivity contribution in [2.75, 3.05) is 127 Å². The van der Waals surface area contributed by atoms with Crippen LogP contribution < -0.4 is 91.6 Å². The monoisotopic (exact) mass is 822 g/mol. The molecule has 0 unspecified atom stereocenters. The maximum atomic E-state index is 11.0. The summed E-state index contributed by atoms with van der Waals surface area (Å²) in [7, 11) is 14.9. The number of nitrogens with one attached hydrogen (secondary N) is 18. The third kappa shape index (κ3) is 32.6. The van der Waals surface area contributed by atoms with Crippen molar-refractivity contribution in [2.24, 2.45) is 0 Å². The highest BCUT2D eigenvalue weighted by Crippen LogP contribution is 2.28. The highest BCUT2D eigenvalue weighted by Gasteiger charge is 2.13. The van der Waals surface area contributed by atoms with Crippen molar-refractivity contribution in [1.82, 2.24) is 91.6 Å². The van der Waals surface area contributed by atoms with Gasteiger partial charge in [-0.2, -0.15) is 0 Å². The third-order valence-corrected chi connectivity index (χ3v) is 17.0. The zero-order valence-electron chi connectivity index (χ0n) is 32.1. The van der Waals surface area contributed by atoms with Crippen molar-refractivity contribution in [2.45, 2.75) is 0 Å². The molecule has 300 valence electrons. The maximum Gasteiger partial charge on any atom is 0.278 e. The summed E-state index contributed by atoms with van der Waals surface area (Å²) < 4.78 is 65.9. The van der Waals surface area contributed by atoms with Gasteiger partial charge in [0.05, 0.1) is 0 Å². The van der Waals surface area contributed by atoms with E-state index < -0.39 is 45.6 Å². The molecule has 0 aliphatic rings. The van der Waals surface area contributed by atoms with Crippen molar-refractivity contribution in [1.29, 1.82) is 0 Å². The molecule has 30 heteroatoms. The van der Waals surface area contributed by atoms with E-state index in [9.17, 15) is 27.4 Å². The van der Waals surface area contributed by atoms with E-state index >= 15 is 0 Å². The standard InChI is InChI=1S/6C3H12N3OP/c6*1-4-8(7,5-2)6-3/h6*1-3H3,(H3,4,5,6,7). The molecule has 0 rings (SSSR count). The molecule has 0 aliphatic heterocycles. The highest BCUT2D eigenvalue weighted by molar-refractivity contribution is 7.59. The Morgan fingerprint density at radius 1 is 0.167 bits per heavy atom. The van der Waals surface area contributed by atoms with Crippen molar-refractivity contribution >= 4 is 45.6 Å². The summed E-state index contributed by atoms with van der Waals surface area (Å²) in [6.45, 7) is 0. The molecule has 24 nitrogen and oxygen atoms in total. The number of rotatable bonds is 18. The van der Waals surface area contributed by atoms with E-state index in [1.165, 1.54) is 0 Å². The van der Waals surface area contributed by atoms with E-state index in [1.54, 1.807) is 127 Å². The molecule has 0 spiro atoms. The summed E-state index contributed by atoms with van der Waals surface area (Å²) in [5.41, 5.74) is 0. The van der Waals surface area contributed by atoms with E-state index in [1.807, 2.05) is 0 Å². The zero-order chi connectivity index (χ0) is 39.7.